The minimum atomic E-state index is 0.719. The van der Waals surface area contributed by atoms with E-state index in [0.717, 1.165) is 43.9 Å². The van der Waals surface area contributed by atoms with Crippen molar-refractivity contribution < 1.29 is 0 Å². The van der Waals surface area contributed by atoms with Gasteiger partial charge in [-0.15, -0.1) is 0 Å². The number of hydrogen-bond donors (Lipinski definition) is 1. The number of hydrogen-bond acceptors (Lipinski definition) is 2. The molecule has 0 radical (unpaired) electrons. The van der Waals surface area contributed by atoms with Crippen molar-refractivity contribution in [2.75, 3.05) is 26.7 Å². The summed E-state index contributed by atoms with van der Waals surface area (Å²) in [5.74, 6) is 2.79. The Balaban J connectivity index is 1.45. The highest BCUT2D eigenvalue weighted by molar-refractivity contribution is 5.80. The van der Waals surface area contributed by atoms with Crippen LogP contribution in [0.1, 0.15) is 31.2 Å². The second kappa shape index (κ2) is 6.50. The normalized spacial score (nSPS) is 22.9. The molecule has 1 aromatic heterocycles. The van der Waals surface area contributed by atoms with Gasteiger partial charge in [-0.25, -0.2) is 0 Å². The van der Waals surface area contributed by atoms with Gasteiger partial charge >= 0.3 is 0 Å². The van der Waals surface area contributed by atoms with Gasteiger partial charge in [0, 0.05) is 39.9 Å². The predicted molar refractivity (Wildman–Crippen MR) is 85.3 cm³/mol. The molecule has 2 fully saturated rings. The van der Waals surface area contributed by atoms with Crippen molar-refractivity contribution in [1.29, 1.82) is 0 Å². The van der Waals surface area contributed by atoms with Crippen LogP contribution in [0.15, 0.2) is 17.4 Å². The second-order valence-electron chi connectivity index (χ2n) is 6.53. The summed E-state index contributed by atoms with van der Waals surface area (Å²) in [6.07, 6.45) is 10.7. The molecular weight excluding hydrogens is 262 g/mol. The number of rotatable bonds is 5. The Bertz CT molecular complexity index is 489. The molecule has 1 aliphatic heterocycles. The topological polar surface area (TPSA) is 45.5 Å². The van der Waals surface area contributed by atoms with Crippen molar-refractivity contribution in [3.05, 3.63) is 18.0 Å². The van der Waals surface area contributed by atoms with Gasteiger partial charge in [0.1, 0.15) is 0 Å². The Hall–Kier alpha value is -1.52. The highest BCUT2D eigenvalue weighted by atomic mass is 15.3. The first-order chi connectivity index (χ1) is 10.2. The third-order valence-electron chi connectivity index (χ3n) is 4.61. The molecule has 0 aromatic carbocycles. The first-order valence-corrected chi connectivity index (χ1v) is 8.17. The number of aromatic nitrogens is 2. The molecule has 116 valence electrons. The van der Waals surface area contributed by atoms with Crippen LogP contribution in [0, 0.1) is 11.8 Å². The van der Waals surface area contributed by atoms with Gasteiger partial charge in [-0.2, -0.15) is 5.10 Å². The van der Waals surface area contributed by atoms with Crippen LogP contribution in [-0.4, -0.2) is 47.3 Å². The van der Waals surface area contributed by atoms with E-state index in [2.05, 4.69) is 26.5 Å². The lowest BCUT2D eigenvalue weighted by Crippen LogP contribution is -2.40. The lowest BCUT2D eigenvalue weighted by Gasteiger charge is -2.21. The van der Waals surface area contributed by atoms with Crippen LogP contribution in [0.4, 0.5) is 0 Å². The van der Waals surface area contributed by atoms with Crippen LogP contribution < -0.4 is 5.32 Å². The van der Waals surface area contributed by atoms with Gasteiger partial charge in [-0.1, -0.05) is 12.8 Å². The molecule has 5 nitrogen and oxygen atoms in total. The van der Waals surface area contributed by atoms with E-state index in [4.69, 9.17) is 0 Å². The summed E-state index contributed by atoms with van der Waals surface area (Å²) in [7, 11) is 3.88. The Morgan fingerprint density at radius 1 is 1.38 bits per heavy atom. The number of nitrogens with zero attached hydrogens (tertiary/aromatic N) is 4. The third kappa shape index (κ3) is 3.99. The largest absolute Gasteiger partial charge is 0.356 e. The smallest absolute Gasteiger partial charge is 0.193 e. The third-order valence-corrected chi connectivity index (χ3v) is 4.61. The molecule has 5 heteroatoms. The fraction of sp³-hybridized carbons (Fsp3) is 0.750. The average molecular weight is 289 g/mol. The maximum atomic E-state index is 4.45. The maximum Gasteiger partial charge on any atom is 0.193 e. The molecule has 2 heterocycles. The summed E-state index contributed by atoms with van der Waals surface area (Å²) >= 11 is 0. The van der Waals surface area contributed by atoms with E-state index in [-0.39, 0.29) is 0 Å². The highest BCUT2D eigenvalue weighted by Gasteiger charge is 2.26. The number of guanidine groups is 1. The van der Waals surface area contributed by atoms with E-state index in [1.54, 1.807) is 0 Å². The van der Waals surface area contributed by atoms with Crippen LogP contribution in [-0.2, 0) is 13.5 Å². The zero-order valence-corrected chi connectivity index (χ0v) is 13.3. The van der Waals surface area contributed by atoms with Gasteiger partial charge in [0.15, 0.2) is 5.96 Å². The molecule has 0 spiro atoms. The van der Waals surface area contributed by atoms with Crippen molar-refractivity contribution in [2.24, 2.45) is 23.9 Å². The molecule has 0 bridgehead atoms. The molecule has 1 saturated carbocycles. The summed E-state index contributed by atoms with van der Waals surface area (Å²) in [5.41, 5.74) is 1.35. The van der Waals surface area contributed by atoms with Crippen molar-refractivity contribution in [3.8, 4) is 0 Å². The predicted octanol–water partition coefficient (Wildman–Crippen LogP) is 1.66. The van der Waals surface area contributed by atoms with E-state index in [0.29, 0.717) is 0 Å². The van der Waals surface area contributed by atoms with Gasteiger partial charge in [0.25, 0.3) is 0 Å². The lowest BCUT2D eigenvalue weighted by molar-refractivity contribution is 0.458. The molecule has 21 heavy (non-hydrogen) atoms. The van der Waals surface area contributed by atoms with Gasteiger partial charge in [-0.05, 0) is 36.7 Å². The number of nitrogens with one attached hydrogen (secondary N) is 1. The zero-order valence-electron chi connectivity index (χ0n) is 13.3. The van der Waals surface area contributed by atoms with E-state index >= 15 is 0 Å². The van der Waals surface area contributed by atoms with Crippen LogP contribution in [0.5, 0.6) is 0 Å². The Morgan fingerprint density at radius 3 is 2.90 bits per heavy atom. The van der Waals surface area contributed by atoms with E-state index in [9.17, 15) is 0 Å². The Kier molecular flexibility index (Phi) is 4.46. The summed E-state index contributed by atoms with van der Waals surface area (Å²) in [6, 6.07) is 0. The lowest BCUT2D eigenvalue weighted by atomic mass is 10.0. The molecule has 1 unspecified atom stereocenters. The standard InChI is InChI=1S/C16H27N5/c1-17-16(18-7-5-13-3-4-13)21-8-6-14(12-21)9-15-10-19-20(2)11-15/h10-11,13-14H,3-9,12H2,1-2H3,(H,17,18). The molecule has 0 amide bonds. The number of likely N-dealkylation sites (tertiary alicyclic amines) is 1. The highest BCUT2D eigenvalue weighted by Crippen LogP contribution is 2.31. The quantitative estimate of drug-likeness (QED) is 0.662. The second-order valence-corrected chi connectivity index (χ2v) is 6.53. The fourth-order valence-electron chi connectivity index (χ4n) is 3.23. The molecule has 1 saturated heterocycles. The number of aliphatic imine (C=N–C) groups is 1. The summed E-state index contributed by atoms with van der Waals surface area (Å²) in [5, 5.41) is 7.79. The summed E-state index contributed by atoms with van der Waals surface area (Å²) in [4.78, 5) is 6.86. The van der Waals surface area contributed by atoms with E-state index in [1.165, 1.54) is 31.2 Å². The van der Waals surface area contributed by atoms with E-state index in [1.807, 2.05) is 25.0 Å². The maximum absolute atomic E-state index is 4.45. The van der Waals surface area contributed by atoms with Crippen LogP contribution in [0.3, 0.4) is 0 Å². The first kappa shape index (κ1) is 14.4. The zero-order chi connectivity index (χ0) is 14.7. The van der Waals surface area contributed by atoms with Gasteiger partial charge in [0.05, 0.1) is 6.20 Å². The van der Waals surface area contributed by atoms with Crippen molar-refractivity contribution in [1.82, 2.24) is 20.0 Å². The van der Waals surface area contributed by atoms with Crippen molar-refractivity contribution in [3.63, 3.8) is 0 Å². The molecule has 1 aromatic rings. The average Bonchev–Trinajstić information content (AvgIpc) is 3.04. The molecule has 2 aliphatic rings. The Morgan fingerprint density at radius 2 is 2.24 bits per heavy atom. The molecule has 1 aliphatic carbocycles. The minimum absolute atomic E-state index is 0.719. The van der Waals surface area contributed by atoms with Crippen LogP contribution >= 0.6 is 0 Å². The number of aryl methyl sites for hydroxylation is 1. The minimum Gasteiger partial charge on any atom is -0.356 e. The summed E-state index contributed by atoms with van der Waals surface area (Å²) in [6.45, 7) is 3.30. The van der Waals surface area contributed by atoms with Crippen molar-refractivity contribution >= 4 is 5.96 Å². The SMILES string of the molecule is CN=C(NCCC1CC1)N1CCC(Cc2cnn(C)c2)C1. The first-order valence-electron chi connectivity index (χ1n) is 8.17. The van der Waals surface area contributed by atoms with Gasteiger partial charge in [-0.3, -0.25) is 9.67 Å². The van der Waals surface area contributed by atoms with Crippen LogP contribution in [0.2, 0.25) is 0 Å². The fourth-order valence-corrected chi connectivity index (χ4v) is 3.23. The molecule has 1 atom stereocenters. The van der Waals surface area contributed by atoms with Crippen LogP contribution in [0.25, 0.3) is 0 Å². The summed E-state index contributed by atoms with van der Waals surface area (Å²) < 4.78 is 1.89. The van der Waals surface area contributed by atoms with E-state index < -0.39 is 0 Å². The van der Waals surface area contributed by atoms with Gasteiger partial charge < -0.3 is 10.2 Å². The van der Waals surface area contributed by atoms with Crippen molar-refractivity contribution in [2.45, 2.75) is 32.1 Å². The molecule has 1 N–H and O–H groups in total. The monoisotopic (exact) mass is 289 g/mol. The molecular formula is C16H27N5. The molecule has 3 rings (SSSR count). The Labute approximate surface area is 127 Å². The van der Waals surface area contributed by atoms with Gasteiger partial charge in [0.2, 0.25) is 0 Å².